The zero-order valence-corrected chi connectivity index (χ0v) is 10.8. The summed E-state index contributed by atoms with van der Waals surface area (Å²) in [5.41, 5.74) is 0.0142. The van der Waals surface area contributed by atoms with Crippen LogP contribution in [-0.2, 0) is 4.79 Å². The molecule has 0 aliphatic heterocycles. The summed E-state index contributed by atoms with van der Waals surface area (Å²) in [6.07, 6.45) is 0.882. The fourth-order valence-corrected chi connectivity index (χ4v) is 1.57. The van der Waals surface area contributed by atoms with Crippen LogP contribution in [0.4, 0.5) is 5.82 Å². The molecule has 0 saturated heterocycles. The summed E-state index contributed by atoms with van der Waals surface area (Å²) in [5, 5.41) is 15.8. The number of anilines is 1. The van der Waals surface area contributed by atoms with Crippen molar-refractivity contribution in [3.05, 3.63) is 22.6 Å². The number of carbonyl (C=O) groups excluding carboxylic acids is 1. The number of fused-ring (bicyclic) bond motifs is 1. The lowest BCUT2D eigenvalue weighted by Crippen LogP contribution is -2.38. The van der Waals surface area contributed by atoms with Crippen LogP contribution in [0.15, 0.2) is 16.9 Å². The second-order valence-corrected chi connectivity index (χ2v) is 4.17. The first kappa shape index (κ1) is 13.1. The van der Waals surface area contributed by atoms with Crippen molar-refractivity contribution in [2.24, 2.45) is 0 Å². The van der Waals surface area contributed by atoms with E-state index in [0.29, 0.717) is 18.0 Å². The number of aromatic amines is 1. The Hall–Kier alpha value is -2.38. The molecule has 0 saturated carbocycles. The number of hydrogen-bond acceptors (Lipinski definition) is 5. The van der Waals surface area contributed by atoms with E-state index in [-0.39, 0.29) is 5.91 Å². The summed E-state index contributed by atoms with van der Waals surface area (Å²) >= 11 is 0. The molecule has 8 heteroatoms. The average Bonchev–Trinajstić information content (AvgIpc) is 2.77. The predicted octanol–water partition coefficient (Wildman–Crippen LogP) is -0.256. The van der Waals surface area contributed by atoms with Gasteiger partial charge < -0.3 is 10.6 Å². The molecule has 2 aromatic heterocycles. The van der Waals surface area contributed by atoms with Crippen LogP contribution in [0, 0.1) is 0 Å². The van der Waals surface area contributed by atoms with Gasteiger partial charge in [-0.1, -0.05) is 6.92 Å². The van der Waals surface area contributed by atoms with Crippen molar-refractivity contribution in [2.45, 2.75) is 26.3 Å². The maximum absolute atomic E-state index is 11.7. The minimum Gasteiger partial charge on any atom is -0.357 e. The van der Waals surface area contributed by atoms with E-state index in [9.17, 15) is 9.59 Å². The molecule has 0 bridgehead atoms. The third-order valence-corrected chi connectivity index (χ3v) is 2.58. The van der Waals surface area contributed by atoms with Crippen molar-refractivity contribution >= 4 is 17.4 Å². The number of H-pyrrole nitrogens is 1. The first-order valence-electron chi connectivity index (χ1n) is 6.10. The lowest BCUT2D eigenvalue weighted by molar-refractivity contribution is -0.121. The largest absolute Gasteiger partial charge is 0.364 e. The van der Waals surface area contributed by atoms with E-state index in [1.807, 2.05) is 6.92 Å². The Morgan fingerprint density at radius 3 is 3.05 bits per heavy atom. The summed E-state index contributed by atoms with van der Waals surface area (Å²) < 4.78 is 1.14. The smallest absolute Gasteiger partial charge is 0.357 e. The summed E-state index contributed by atoms with van der Waals surface area (Å²) in [6, 6.07) is 2.88. The van der Waals surface area contributed by atoms with E-state index in [1.54, 1.807) is 19.1 Å². The SMILES string of the molecule is CCCNC(=O)C(C)Nc1ccc2n[nH]c(=O)n2n1. The van der Waals surface area contributed by atoms with Gasteiger partial charge in [-0.2, -0.15) is 9.61 Å². The molecule has 0 radical (unpaired) electrons. The minimum atomic E-state index is -0.431. The second kappa shape index (κ2) is 5.51. The van der Waals surface area contributed by atoms with E-state index < -0.39 is 11.7 Å². The van der Waals surface area contributed by atoms with E-state index in [0.717, 1.165) is 10.9 Å². The van der Waals surface area contributed by atoms with Crippen LogP contribution < -0.4 is 16.3 Å². The van der Waals surface area contributed by atoms with Gasteiger partial charge in [-0.05, 0) is 25.5 Å². The third kappa shape index (κ3) is 2.90. The van der Waals surface area contributed by atoms with Crippen molar-refractivity contribution in [3.63, 3.8) is 0 Å². The number of hydrogen-bond donors (Lipinski definition) is 3. The maximum atomic E-state index is 11.7. The summed E-state index contributed by atoms with van der Waals surface area (Å²) in [6.45, 7) is 4.35. The van der Waals surface area contributed by atoms with Crippen LogP contribution in [0.25, 0.3) is 5.65 Å². The van der Waals surface area contributed by atoms with Crippen molar-refractivity contribution < 1.29 is 4.79 Å². The Labute approximate surface area is 109 Å². The maximum Gasteiger partial charge on any atom is 0.364 e. The highest BCUT2D eigenvalue weighted by Crippen LogP contribution is 2.04. The molecular weight excluding hydrogens is 248 g/mol. The Bertz CT molecular complexity index is 631. The van der Waals surface area contributed by atoms with Crippen LogP contribution in [-0.4, -0.2) is 38.3 Å². The molecule has 0 aliphatic carbocycles. The molecular formula is C11H16N6O2. The monoisotopic (exact) mass is 264 g/mol. The van der Waals surface area contributed by atoms with Crippen LogP contribution in [0.2, 0.25) is 0 Å². The highest BCUT2D eigenvalue weighted by atomic mass is 16.2. The highest BCUT2D eigenvalue weighted by molar-refractivity contribution is 5.83. The van der Waals surface area contributed by atoms with Crippen molar-refractivity contribution in [2.75, 3.05) is 11.9 Å². The molecule has 1 atom stereocenters. The number of nitrogens with zero attached hydrogens (tertiary/aromatic N) is 3. The first-order valence-corrected chi connectivity index (χ1v) is 6.10. The van der Waals surface area contributed by atoms with Gasteiger partial charge in [0.25, 0.3) is 0 Å². The Kier molecular flexibility index (Phi) is 3.79. The molecule has 1 amide bonds. The number of amides is 1. The van der Waals surface area contributed by atoms with Crippen molar-refractivity contribution in [1.82, 2.24) is 25.1 Å². The third-order valence-electron chi connectivity index (χ3n) is 2.58. The number of rotatable bonds is 5. The molecule has 1 unspecified atom stereocenters. The molecule has 2 heterocycles. The van der Waals surface area contributed by atoms with Gasteiger partial charge in [0.05, 0.1) is 0 Å². The van der Waals surface area contributed by atoms with Crippen molar-refractivity contribution in [3.8, 4) is 0 Å². The molecule has 2 rings (SSSR count). The van der Waals surface area contributed by atoms with Gasteiger partial charge in [-0.3, -0.25) is 4.79 Å². The fourth-order valence-electron chi connectivity index (χ4n) is 1.57. The van der Waals surface area contributed by atoms with Gasteiger partial charge in [0.15, 0.2) is 5.65 Å². The van der Waals surface area contributed by atoms with E-state index in [4.69, 9.17) is 0 Å². The Morgan fingerprint density at radius 1 is 1.53 bits per heavy atom. The normalized spacial score (nSPS) is 12.3. The molecule has 19 heavy (non-hydrogen) atoms. The van der Waals surface area contributed by atoms with Crippen LogP contribution in [0.5, 0.6) is 0 Å². The Balaban J connectivity index is 2.10. The molecule has 0 aliphatic rings. The summed E-state index contributed by atoms with van der Waals surface area (Å²) in [4.78, 5) is 23.1. The molecule has 2 aromatic rings. The summed E-state index contributed by atoms with van der Waals surface area (Å²) in [7, 11) is 0. The number of aromatic nitrogens is 4. The van der Waals surface area contributed by atoms with E-state index >= 15 is 0 Å². The van der Waals surface area contributed by atoms with Gasteiger partial charge in [0, 0.05) is 6.54 Å². The van der Waals surface area contributed by atoms with Gasteiger partial charge in [-0.25, -0.2) is 9.89 Å². The fraction of sp³-hybridized carbons (Fsp3) is 0.455. The molecule has 0 aromatic carbocycles. The Morgan fingerprint density at radius 2 is 2.32 bits per heavy atom. The molecule has 8 nitrogen and oxygen atoms in total. The van der Waals surface area contributed by atoms with Crippen LogP contribution >= 0.6 is 0 Å². The topological polar surface area (TPSA) is 104 Å². The van der Waals surface area contributed by atoms with Gasteiger partial charge in [0.2, 0.25) is 5.91 Å². The highest BCUT2D eigenvalue weighted by Gasteiger charge is 2.13. The molecule has 0 spiro atoms. The molecule has 0 fully saturated rings. The van der Waals surface area contributed by atoms with Gasteiger partial charge in [0.1, 0.15) is 11.9 Å². The van der Waals surface area contributed by atoms with E-state index in [2.05, 4.69) is 25.9 Å². The van der Waals surface area contributed by atoms with Crippen LogP contribution in [0.3, 0.4) is 0 Å². The van der Waals surface area contributed by atoms with Gasteiger partial charge in [-0.15, -0.1) is 5.10 Å². The molecule has 102 valence electrons. The van der Waals surface area contributed by atoms with E-state index in [1.165, 1.54) is 0 Å². The number of carbonyl (C=O) groups is 1. The number of nitrogens with one attached hydrogen (secondary N) is 3. The van der Waals surface area contributed by atoms with Crippen LogP contribution in [0.1, 0.15) is 20.3 Å². The predicted molar refractivity (Wildman–Crippen MR) is 70.0 cm³/mol. The lowest BCUT2D eigenvalue weighted by atomic mass is 10.3. The molecule has 3 N–H and O–H groups in total. The van der Waals surface area contributed by atoms with Gasteiger partial charge >= 0.3 is 5.69 Å². The van der Waals surface area contributed by atoms with Crippen molar-refractivity contribution in [1.29, 1.82) is 0 Å². The summed E-state index contributed by atoms with van der Waals surface area (Å²) in [5.74, 6) is 0.332. The first-order chi connectivity index (χ1) is 9.11. The zero-order valence-electron chi connectivity index (χ0n) is 10.8. The average molecular weight is 264 g/mol. The lowest BCUT2D eigenvalue weighted by Gasteiger charge is -2.13. The quantitative estimate of drug-likeness (QED) is 0.690. The standard InChI is InChI=1S/C11H16N6O2/c1-3-6-12-10(18)7(2)13-8-4-5-9-14-15-11(19)17(9)16-8/h4-5,7H,3,6H2,1-2H3,(H,12,18)(H,13,16)(H,15,19). The zero-order chi connectivity index (χ0) is 13.8. The minimum absolute atomic E-state index is 0.108. The second-order valence-electron chi connectivity index (χ2n) is 4.17.